The molecule has 5 nitrogen and oxygen atoms in total. The average Bonchev–Trinajstić information content (AvgIpc) is 2.79. The maximum atomic E-state index is 12.8. The first kappa shape index (κ1) is 18.1. The second kappa shape index (κ2) is 6.92. The maximum absolute atomic E-state index is 12.8. The molecule has 0 spiro atoms. The zero-order valence-corrected chi connectivity index (χ0v) is 14.5. The molecule has 26 heavy (non-hydrogen) atoms. The summed E-state index contributed by atoms with van der Waals surface area (Å²) in [7, 11) is 0. The van der Waals surface area contributed by atoms with Gasteiger partial charge in [0.1, 0.15) is 11.3 Å². The minimum atomic E-state index is -2.93. The predicted molar refractivity (Wildman–Crippen MR) is 91.0 cm³/mol. The van der Waals surface area contributed by atoms with Gasteiger partial charge in [-0.15, -0.1) is 0 Å². The number of hydrogen-bond acceptors (Lipinski definition) is 3. The molecule has 1 atom stereocenters. The molecule has 1 saturated heterocycles. The van der Waals surface area contributed by atoms with Gasteiger partial charge < -0.3 is 10.1 Å². The van der Waals surface area contributed by atoms with Crippen LogP contribution in [0.1, 0.15) is 18.1 Å². The standard InChI is InChI=1S/C18H15ClF2N2O3/c1-18(12-5-7-14(8-6-12)26-16(20)21)15(24)23(17(25)22-18)10-11-3-2-4-13(19)9-11/h2-9,16H,10H2,1H3,(H,22,25). The summed E-state index contributed by atoms with van der Waals surface area (Å²) in [6, 6.07) is 11.9. The van der Waals surface area contributed by atoms with E-state index in [0.29, 0.717) is 16.1 Å². The van der Waals surface area contributed by atoms with Crippen LogP contribution in [0.25, 0.3) is 0 Å². The van der Waals surface area contributed by atoms with Crippen LogP contribution < -0.4 is 10.1 Å². The number of rotatable bonds is 5. The number of urea groups is 1. The Labute approximate surface area is 153 Å². The van der Waals surface area contributed by atoms with Crippen LogP contribution in [-0.2, 0) is 16.9 Å². The monoisotopic (exact) mass is 380 g/mol. The molecule has 1 unspecified atom stereocenters. The Bertz CT molecular complexity index is 845. The van der Waals surface area contributed by atoms with Crippen LogP contribution in [0.5, 0.6) is 5.75 Å². The number of alkyl halides is 2. The van der Waals surface area contributed by atoms with Gasteiger partial charge >= 0.3 is 12.6 Å². The fourth-order valence-corrected chi connectivity index (χ4v) is 3.04. The fourth-order valence-electron chi connectivity index (χ4n) is 2.82. The summed E-state index contributed by atoms with van der Waals surface area (Å²) >= 11 is 5.94. The van der Waals surface area contributed by atoms with Crippen molar-refractivity contribution in [3.05, 3.63) is 64.7 Å². The third-order valence-electron chi connectivity index (χ3n) is 4.16. The molecule has 136 valence electrons. The van der Waals surface area contributed by atoms with Crippen molar-refractivity contribution >= 4 is 23.5 Å². The van der Waals surface area contributed by atoms with Crippen molar-refractivity contribution in [1.29, 1.82) is 0 Å². The number of imide groups is 1. The second-order valence-corrected chi connectivity index (χ2v) is 6.42. The summed E-state index contributed by atoms with van der Waals surface area (Å²) in [5, 5.41) is 3.16. The number of benzene rings is 2. The molecule has 0 aromatic heterocycles. The van der Waals surface area contributed by atoms with Crippen molar-refractivity contribution in [2.24, 2.45) is 0 Å². The lowest BCUT2D eigenvalue weighted by Crippen LogP contribution is -2.40. The molecule has 8 heteroatoms. The van der Waals surface area contributed by atoms with Gasteiger partial charge in [-0.05, 0) is 42.3 Å². The summed E-state index contributed by atoms with van der Waals surface area (Å²) < 4.78 is 28.8. The van der Waals surface area contributed by atoms with Gasteiger partial charge in [-0.2, -0.15) is 8.78 Å². The molecular weight excluding hydrogens is 366 g/mol. The van der Waals surface area contributed by atoms with Crippen LogP contribution in [0.15, 0.2) is 48.5 Å². The molecule has 2 aromatic rings. The topological polar surface area (TPSA) is 58.6 Å². The van der Waals surface area contributed by atoms with Gasteiger partial charge in [0, 0.05) is 5.02 Å². The molecule has 1 aliphatic rings. The lowest BCUT2D eigenvalue weighted by atomic mass is 9.92. The van der Waals surface area contributed by atoms with Crippen molar-refractivity contribution < 1.29 is 23.1 Å². The van der Waals surface area contributed by atoms with Crippen LogP contribution in [0.3, 0.4) is 0 Å². The second-order valence-electron chi connectivity index (χ2n) is 5.98. The van der Waals surface area contributed by atoms with Gasteiger partial charge in [-0.3, -0.25) is 9.69 Å². The number of carbonyl (C=O) groups is 2. The summed E-state index contributed by atoms with van der Waals surface area (Å²) in [5.41, 5.74) is -0.115. The lowest BCUT2D eigenvalue weighted by molar-refractivity contribution is -0.131. The summed E-state index contributed by atoms with van der Waals surface area (Å²) in [4.78, 5) is 26.3. The van der Waals surface area contributed by atoms with E-state index >= 15 is 0 Å². The number of halogens is 3. The molecule has 3 rings (SSSR count). The maximum Gasteiger partial charge on any atom is 0.387 e. The Kier molecular flexibility index (Phi) is 4.82. The highest BCUT2D eigenvalue weighted by Gasteiger charge is 2.48. The average molecular weight is 381 g/mol. The first-order valence-electron chi connectivity index (χ1n) is 7.73. The van der Waals surface area contributed by atoms with E-state index in [9.17, 15) is 18.4 Å². The summed E-state index contributed by atoms with van der Waals surface area (Å²) in [6.07, 6.45) is 0. The zero-order chi connectivity index (χ0) is 18.9. The number of ether oxygens (including phenoxy) is 1. The molecule has 1 heterocycles. The largest absolute Gasteiger partial charge is 0.435 e. The van der Waals surface area contributed by atoms with Gasteiger partial charge in [0.2, 0.25) is 0 Å². The van der Waals surface area contributed by atoms with Crippen molar-refractivity contribution in [1.82, 2.24) is 10.2 Å². The van der Waals surface area contributed by atoms with Gasteiger partial charge in [0.15, 0.2) is 0 Å². The Balaban J connectivity index is 1.82. The summed E-state index contributed by atoms with van der Waals surface area (Å²) in [5.74, 6) is -0.468. The highest BCUT2D eigenvalue weighted by molar-refractivity contribution is 6.30. The van der Waals surface area contributed by atoms with Crippen LogP contribution in [0, 0.1) is 0 Å². The van der Waals surface area contributed by atoms with Gasteiger partial charge in [0.25, 0.3) is 5.91 Å². The third-order valence-corrected chi connectivity index (χ3v) is 4.40. The molecule has 2 aromatic carbocycles. The van der Waals surface area contributed by atoms with Gasteiger partial charge in [-0.25, -0.2) is 4.79 Å². The van der Waals surface area contributed by atoms with Crippen LogP contribution >= 0.6 is 11.6 Å². The van der Waals surface area contributed by atoms with E-state index in [2.05, 4.69) is 10.1 Å². The highest BCUT2D eigenvalue weighted by atomic mass is 35.5. The van der Waals surface area contributed by atoms with E-state index in [-0.39, 0.29) is 12.3 Å². The molecule has 1 aliphatic heterocycles. The first-order chi connectivity index (χ1) is 12.3. The van der Waals surface area contributed by atoms with E-state index in [0.717, 1.165) is 4.90 Å². The molecule has 0 aliphatic carbocycles. The first-order valence-corrected chi connectivity index (χ1v) is 8.11. The van der Waals surface area contributed by atoms with E-state index in [1.54, 1.807) is 31.2 Å². The normalized spacial score (nSPS) is 19.8. The predicted octanol–water partition coefficient (Wildman–Crippen LogP) is 3.91. The number of nitrogens with zero attached hydrogens (tertiary/aromatic N) is 1. The summed E-state index contributed by atoms with van der Waals surface area (Å²) in [6.45, 7) is -1.29. The Morgan fingerprint density at radius 1 is 1.19 bits per heavy atom. The zero-order valence-electron chi connectivity index (χ0n) is 13.7. The van der Waals surface area contributed by atoms with Crippen LogP contribution in [0.2, 0.25) is 5.02 Å². The van der Waals surface area contributed by atoms with Crippen molar-refractivity contribution in [2.75, 3.05) is 0 Å². The quantitative estimate of drug-likeness (QED) is 0.800. The van der Waals surface area contributed by atoms with Crippen molar-refractivity contribution in [2.45, 2.75) is 25.6 Å². The Morgan fingerprint density at radius 2 is 1.88 bits per heavy atom. The Morgan fingerprint density at radius 3 is 2.50 bits per heavy atom. The molecule has 1 N–H and O–H groups in total. The Hall–Kier alpha value is -2.67. The van der Waals surface area contributed by atoms with Crippen LogP contribution in [-0.4, -0.2) is 23.4 Å². The molecule has 1 fully saturated rings. The smallest absolute Gasteiger partial charge is 0.387 e. The number of amides is 3. The molecule has 0 bridgehead atoms. The molecule has 0 saturated carbocycles. The van der Waals surface area contributed by atoms with Crippen LogP contribution in [0.4, 0.5) is 13.6 Å². The minimum Gasteiger partial charge on any atom is -0.435 e. The van der Waals surface area contributed by atoms with Gasteiger partial charge in [-0.1, -0.05) is 35.9 Å². The van der Waals surface area contributed by atoms with E-state index in [1.807, 2.05) is 0 Å². The lowest BCUT2D eigenvalue weighted by Gasteiger charge is -2.22. The van der Waals surface area contributed by atoms with E-state index in [4.69, 9.17) is 11.6 Å². The molecular formula is C18H15ClF2N2O3. The fraction of sp³-hybridized carbons (Fsp3) is 0.222. The number of hydrogen-bond donors (Lipinski definition) is 1. The molecule has 3 amide bonds. The number of nitrogens with one attached hydrogen (secondary N) is 1. The van der Waals surface area contributed by atoms with E-state index in [1.165, 1.54) is 24.3 Å². The molecule has 0 radical (unpaired) electrons. The number of carbonyl (C=O) groups excluding carboxylic acids is 2. The van der Waals surface area contributed by atoms with Gasteiger partial charge in [0.05, 0.1) is 6.54 Å². The SMILES string of the molecule is CC1(c2ccc(OC(F)F)cc2)NC(=O)N(Cc2cccc(Cl)c2)C1=O. The van der Waals surface area contributed by atoms with Crippen molar-refractivity contribution in [3.8, 4) is 5.75 Å². The highest BCUT2D eigenvalue weighted by Crippen LogP contribution is 2.31. The minimum absolute atomic E-state index is 0.0279. The van der Waals surface area contributed by atoms with E-state index < -0.39 is 24.1 Å². The third kappa shape index (κ3) is 3.48. The van der Waals surface area contributed by atoms with Crippen molar-refractivity contribution in [3.63, 3.8) is 0 Å².